The quantitative estimate of drug-likeness (QED) is 0.865. The second-order valence-corrected chi connectivity index (χ2v) is 9.64. The van der Waals surface area contributed by atoms with Crippen LogP contribution in [0.15, 0.2) is 24.3 Å². The maximum absolute atomic E-state index is 12.3. The number of hydrogen-bond acceptors (Lipinski definition) is 4. The van der Waals surface area contributed by atoms with Crippen LogP contribution < -0.4 is 4.90 Å². The largest absolute Gasteiger partial charge is 0.388 e. The highest BCUT2D eigenvalue weighted by Crippen LogP contribution is 2.48. The van der Waals surface area contributed by atoms with Gasteiger partial charge in [0, 0.05) is 31.9 Å². The topological polar surface area (TPSA) is 47.0 Å². The van der Waals surface area contributed by atoms with E-state index in [-0.39, 0.29) is 5.91 Å². The number of carbonyl (C=O) groups is 1. The van der Waals surface area contributed by atoms with Gasteiger partial charge in [-0.1, -0.05) is 18.2 Å². The minimum absolute atomic E-state index is 0.250. The smallest absolute Gasteiger partial charge is 0.236 e. The Balaban J connectivity index is 1.31. The van der Waals surface area contributed by atoms with Gasteiger partial charge in [0.15, 0.2) is 0 Å². The summed E-state index contributed by atoms with van der Waals surface area (Å²) in [5.74, 6) is 0.250. The van der Waals surface area contributed by atoms with E-state index in [0.29, 0.717) is 12.0 Å². The van der Waals surface area contributed by atoms with Gasteiger partial charge in [0.1, 0.15) is 0 Å². The second-order valence-electron chi connectivity index (χ2n) is 9.64. The molecule has 2 fully saturated rings. The molecule has 1 saturated carbocycles. The van der Waals surface area contributed by atoms with E-state index in [2.05, 4.69) is 29.2 Å². The Morgan fingerprint density at radius 1 is 1.04 bits per heavy atom. The summed E-state index contributed by atoms with van der Waals surface area (Å²) in [5.41, 5.74) is 2.49. The zero-order valence-electron chi connectivity index (χ0n) is 17.5. The standard InChI is InChI=1S/C23H35N3O2/c1-24(2)17-21(27)25-15-12-22(13-16-25)8-10-23(28,11-9-22)18-26-14-7-19-5-3-4-6-20(19)26/h3-6,28H,7-18H2,1-2H3. The van der Waals surface area contributed by atoms with Crippen LogP contribution in [-0.4, -0.2) is 73.2 Å². The molecule has 0 aromatic heterocycles. The predicted molar refractivity (Wildman–Crippen MR) is 113 cm³/mol. The fourth-order valence-corrected chi connectivity index (χ4v) is 5.43. The molecule has 2 aliphatic heterocycles. The number of fused-ring (bicyclic) bond motifs is 1. The average Bonchev–Trinajstić information content (AvgIpc) is 3.07. The molecule has 1 aliphatic carbocycles. The number of amides is 1. The normalized spacial score (nSPS) is 23.3. The number of para-hydroxylation sites is 1. The van der Waals surface area contributed by atoms with Crippen molar-refractivity contribution in [3.05, 3.63) is 29.8 Å². The van der Waals surface area contributed by atoms with Gasteiger partial charge in [0.25, 0.3) is 0 Å². The lowest BCUT2D eigenvalue weighted by atomic mass is 9.64. The molecule has 5 heteroatoms. The highest BCUT2D eigenvalue weighted by atomic mass is 16.3. The minimum Gasteiger partial charge on any atom is -0.388 e. The molecule has 3 aliphatic rings. The highest BCUT2D eigenvalue weighted by molar-refractivity contribution is 5.78. The van der Waals surface area contributed by atoms with Gasteiger partial charge >= 0.3 is 0 Å². The number of hydrogen-bond donors (Lipinski definition) is 1. The van der Waals surface area contributed by atoms with Crippen molar-refractivity contribution in [2.75, 3.05) is 51.7 Å². The molecule has 2 heterocycles. The Hall–Kier alpha value is -1.59. The second kappa shape index (κ2) is 7.68. The van der Waals surface area contributed by atoms with Crippen LogP contribution in [-0.2, 0) is 11.2 Å². The molecule has 0 bridgehead atoms. The van der Waals surface area contributed by atoms with E-state index in [4.69, 9.17) is 0 Å². The summed E-state index contributed by atoms with van der Waals surface area (Å²) in [6, 6.07) is 8.61. The van der Waals surface area contributed by atoms with Crippen LogP contribution in [0, 0.1) is 5.41 Å². The molecule has 1 spiro atoms. The molecule has 1 aromatic rings. The number of aliphatic hydroxyl groups is 1. The Morgan fingerprint density at radius 3 is 2.39 bits per heavy atom. The summed E-state index contributed by atoms with van der Waals surface area (Å²) >= 11 is 0. The Labute approximate surface area is 169 Å². The van der Waals surface area contributed by atoms with E-state index in [0.717, 1.165) is 71.1 Å². The molecule has 154 valence electrons. The molecular weight excluding hydrogens is 350 g/mol. The minimum atomic E-state index is -0.569. The Morgan fingerprint density at radius 2 is 1.71 bits per heavy atom. The monoisotopic (exact) mass is 385 g/mol. The van der Waals surface area contributed by atoms with E-state index in [1.807, 2.05) is 23.9 Å². The fraction of sp³-hybridized carbons (Fsp3) is 0.696. The number of anilines is 1. The first-order valence-corrected chi connectivity index (χ1v) is 10.9. The number of likely N-dealkylation sites (tertiary alicyclic amines) is 1. The number of likely N-dealkylation sites (N-methyl/N-ethyl adjacent to an activating group) is 1. The molecule has 0 radical (unpaired) electrons. The molecule has 1 aromatic carbocycles. The van der Waals surface area contributed by atoms with E-state index < -0.39 is 5.60 Å². The molecule has 1 N–H and O–H groups in total. The molecule has 0 atom stereocenters. The van der Waals surface area contributed by atoms with Crippen LogP contribution in [0.4, 0.5) is 5.69 Å². The Kier molecular flexibility index (Phi) is 5.41. The molecule has 5 nitrogen and oxygen atoms in total. The number of carbonyl (C=O) groups excluding carboxylic acids is 1. The van der Waals surface area contributed by atoms with Crippen molar-refractivity contribution < 1.29 is 9.90 Å². The third-order valence-corrected chi connectivity index (χ3v) is 7.34. The van der Waals surface area contributed by atoms with E-state index in [1.54, 1.807) is 0 Å². The molecule has 0 unspecified atom stereocenters. The first-order valence-electron chi connectivity index (χ1n) is 10.9. The van der Waals surface area contributed by atoms with Crippen LogP contribution in [0.3, 0.4) is 0 Å². The van der Waals surface area contributed by atoms with Gasteiger partial charge in [-0.3, -0.25) is 4.79 Å². The first-order chi connectivity index (χ1) is 13.4. The lowest BCUT2D eigenvalue weighted by Crippen LogP contribution is -2.51. The number of nitrogens with zero attached hydrogens (tertiary/aromatic N) is 3. The summed E-state index contributed by atoms with van der Waals surface area (Å²) in [6.07, 6.45) is 7.23. The summed E-state index contributed by atoms with van der Waals surface area (Å²) < 4.78 is 0. The zero-order chi connectivity index (χ0) is 19.8. The first kappa shape index (κ1) is 19.7. The Bertz CT molecular complexity index is 700. The molecule has 1 amide bonds. The van der Waals surface area contributed by atoms with Crippen molar-refractivity contribution in [3.8, 4) is 0 Å². The number of piperidine rings is 1. The number of rotatable bonds is 4. The molecule has 4 rings (SSSR count). The average molecular weight is 386 g/mol. The molecular formula is C23H35N3O2. The number of benzene rings is 1. The third-order valence-electron chi connectivity index (χ3n) is 7.34. The van der Waals surface area contributed by atoms with Crippen molar-refractivity contribution in [3.63, 3.8) is 0 Å². The van der Waals surface area contributed by atoms with Crippen LogP contribution in [0.25, 0.3) is 0 Å². The van der Waals surface area contributed by atoms with Gasteiger partial charge in [-0.05, 0) is 76.1 Å². The third kappa shape index (κ3) is 4.06. The predicted octanol–water partition coefficient (Wildman–Crippen LogP) is 2.52. The SMILES string of the molecule is CN(C)CC(=O)N1CCC2(CC1)CCC(O)(CN1CCc3ccccc31)CC2. The van der Waals surface area contributed by atoms with Gasteiger partial charge in [-0.25, -0.2) is 0 Å². The van der Waals surface area contributed by atoms with Crippen molar-refractivity contribution in [2.45, 2.75) is 50.5 Å². The summed E-state index contributed by atoms with van der Waals surface area (Å²) in [4.78, 5) is 18.7. The summed E-state index contributed by atoms with van der Waals surface area (Å²) in [7, 11) is 3.90. The van der Waals surface area contributed by atoms with Crippen LogP contribution >= 0.6 is 0 Å². The van der Waals surface area contributed by atoms with E-state index in [9.17, 15) is 9.90 Å². The zero-order valence-corrected chi connectivity index (χ0v) is 17.5. The highest BCUT2D eigenvalue weighted by Gasteiger charge is 2.44. The van der Waals surface area contributed by atoms with Crippen molar-refractivity contribution in [2.24, 2.45) is 5.41 Å². The van der Waals surface area contributed by atoms with Gasteiger partial charge in [-0.2, -0.15) is 0 Å². The van der Waals surface area contributed by atoms with Crippen LogP contribution in [0.1, 0.15) is 44.1 Å². The van der Waals surface area contributed by atoms with Crippen molar-refractivity contribution in [1.29, 1.82) is 0 Å². The van der Waals surface area contributed by atoms with Crippen LogP contribution in [0.5, 0.6) is 0 Å². The van der Waals surface area contributed by atoms with Crippen molar-refractivity contribution in [1.82, 2.24) is 9.80 Å². The van der Waals surface area contributed by atoms with E-state index >= 15 is 0 Å². The maximum Gasteiger partial charge on any atom is 0.236 e. The maximum atomic E-state index is 12.3. The molecule has 1 saturated heterocycles. The fourth-order valence-electron chi connectivity index (χ4n) is 5.43. The lowest BCUT2D eigenvalue weighted by molar-refractivity contribution is -0.135. The van der Waals surface area contributed by atoms with Gasteiger partial charge in [0.05, 0.1) is 12.1 Å². The van der Waals surface area contributed by atoms with Crippen molar-refractivity contribution >= 4 is 11.6 Å². The summed E-state index contributed by atoms with van der Waals surface area (Å²) in [6.45, 7) is 4.04. The van der Waals surface area contributed by atoms with Gasteiger partial charge < -0.3 is 19.8 Å². The molecule has 28 heavy (non-hydrogen) atoms. The summed E-state index contributed by atoms with van der Waals surface area (Å²) in [5, 5.41) is 11.3. The number of β-amino-alcohol motifs (C(OH)–C–C–N with tert-alkyl or cyclic N) is 1. The van der Waals surface area contributed by atoms with Gasteiger partial charge in [0.2, 0.25) is 5.91 Å². The lowest BCUT2D eigenvalue weighted by Gasteiger charge is -2.49. The van der Waals surface area contributed by atoms with Gasteiger partial charge in [-0.15, -0.1) is 0 Å². The van der Waals surface area contributed by atoms with E-state index in [1.165, 1.54) is 11.3 Å². The van der Waals surface area contributed by atoms with Crippen LogP contribution in [0.2, 0.25) is 0 Å².